The molecule has 1 heteroatoms. The summed E-state index contributed by atoms with van der Waals surface area (Å²) in [5.74, 6) is 1.94. The molecule has 0 amide bonds. The quantitative estimate of drug-likeness (QED) is 0.799. The Morgan fingerprint density at radius 2 is 1.86 bits per heavy atom. The van der Waals surface area contributed by atoms with Crippen molar-refractivity contribution in [2.24, 2.45) is 11.8 Å². The highest BCUT2D eigenvalue weighted by molar-refractivity contribution is 5.36. The zero-order valence-electron chi connectivity index (χ0n) is 13.8. The summed E-state index contributed by atoms with van der Waals surface area (Å²) in [6.07, 6.45) is 11.1. The fourth-order valence-electron chi connectivity index (χ4n) is 4.10. The molecule has 1 unspecified atom stereocenters. The molecular weight excluding hydrogens is 254 g/mol. The third-order valence-electron chi connectivity index (χ3n) is 5.76. The van der Waals surface area contributed by atoms with Crippen LogP contribution < -0.4 is 5.32 Å². The summed E-state index contributed by atoms with van der Waals surface area (Å²) < 4.78 is 0. The number of hydrogen-bond donors (Lipinski definition) is 1. The van der Waals surface area contributed by atoms with E-state index in [1.807, 2.05) is 0 Å². The maximum atomic E-state index is 3.75. The highest BCUT2D eigenvalue weighted by Gasteiger charge is 2.18. The third kappa shape index (κ3) is 3.88. The van der Waals surface area contributed by atoms with Gasteiger partial charge in [-0.25, -0.2) is 0 Å². The van der Waals surface area contributed by atoms with E-state index in [2.05, 4.69) is 37.4 Å². The normalized spacial score (nSPS) is 26.6. The van der Waals surface area contributed by atoms with E-state index < -0.39 is 0 Å². The van der Waals surface area contributed by atoms with Gasteiger partial charge in [0.15, 0.2) is 0 Å². The van der Waals surface area contributed by atoms with Crippen molar-refractivity contribution < 1.29 is 0 Å². The van der Waals surface area contributed by atoms with Gasteiger partial charge in [0.25, 0.3) is 0 Å². The van der Waals surface area contributed by atoms with E-state index in [1.54, 1.807) is 11.1 Å². The predicted octanol–water partition coefficient (Wildman–Crippen LogP) is 5.04. The van der Waals surface area contributed by atoms with E-state index in [4.69, 9.17) is 0 Å². The van der Waals surface area contributed by atoms with Crippen molar-refractivity contribution in [3.63, 3.8) is 0 Å². The van der Waals surface area contributed by atoms with Gasteiger partial charge in [-0.05, 0) is 67.7 Å². The molecule has 1 saturated carbocycles. The summed E-state index contributed by atoms with van der Waals surface area (Å²) in [5.41, 5.74) is 4.66. The summed E-state index contributed by atoms with van der Waals surface area (Å²) in [6, 6.07) is 7.64. The molecule has 21 heavy (non-hydrogen) atoms. The van der Waals surface area contributed by atoms with Crippen molar-refractivity contribution in [3.8, 4) is 0 Å². The van der Waals surface area contributed by atoms with Crippen LogP contribution in [0, 0.1) is 11.8 Å². The summed E-state index contributed by atoms with van der Waals surface area (Å²) in [4.78, 5) is 0. The molecule has 0 saturated heterocycles. The molecule has 1 fully saturated rings. The van der Waals surface area contributed by atoms with Crippen molar-refractivity contribution in [2.45, 2.75) is 71.3 Å². The van der Waals surface area contributed by atoms with Gasteiger partial charge in [-0.15, -0.1) is 0 Å². The SMILES string of the molecule is CC1CCC(CCNC(C)c2ccc3c(c2)CCC3)CC1. The van der Waals surface area contributed by atoms with Gasteiger partial charge in [-0.2, -0.15) is 0 Å². The average molecular weight is 285 g/mol. The molecule has 0 bridgehead atoms. The number of nitrogens with one attached hydrogen (secondary N) is 1. The smallest absolute Gasteiger partial charge is 0.0291 e. The minimum Gasteiger partial charge on any atom is -0.310 e. The molecule has 1 atom stereocenters. The van der Waals surface area contributed by atoms with Gasteiger partial charge in [0.2, 0.25) is 0 Å². The molecule has 0 heterocycles. The van der Waals surface area contributed by atoms with Gasteiger partial charge >= 0.3 is 0 Å². The Morgan fingerprint density at radius 3 is 2.67 bits per heavy atom. The molecule has 116 valence electrons. The van der Waals surface area contributed by atoms with Crippen LogP contribution in [-0.2, 0) is 12.8 Å². The minimum atomic E-state index is 0.499. The molecule has 1 aromatic carbocycles. The zero-order chi connectivity index (χ0) is 14.7. The summed E-state index contributed by atoms with van der Waals surface area (Å²) in [6.45, 7) is 5.90. The van der Waals surface area contributed by atoms with Gasteiger partial charge in [-0.3, -0.25) is 0 Å². The van der Waals surface area contributed by atoms with Crippen LogP contribution in [0.1, 0.15) is 75.1 Å². The maximum Gasteiger partial charge on any atom is 0.0291 e. The number of fused-ring (bicyclic) bond motifs is 1. The van der Waals surface area contributed by atoms with Crippen LogP contribution >= 0.6 is 0 Å². The highest BCUT2D eigenvalue weighted by Crippen LogP contribution is 2.30. The van der Waals surface area contributed by atoms with Crippen LogP contribution in [0.25, 0.3) is 0 Å². The van der Waals surface area contributed by atoms with E-state index in [1.165, 1.54) is 63.5 Å². The number of benzene rings is 1. The standard InChI is InChI=1S/C20H31N/c1-15-6-8-17(9-7-15)12-13-21-16(2)19-11-10-18-4-3-5-20(18)14-19/h10-11,14-17,21H,3-9,12-13H2,1-2H3. The molecule has 2 aliphatic rings. The second-order valence-electron chi connectivity index (χ2n) is 7.47. The van der Waals surface area contributed by atoms with Crippen molar-refractivity contribution in [2.75, 3.05) is 6.54 Å². The molecule has 0 radical (unpaired) electrons. The van der Waals surface area contributed by atoms with Crippen molar-refractivity contribution in [1.82, 2.24) is 5.32 Å². The Hall–Kier alpha value is -0.820. The van der Waals surface area contributed by atoms with Gasteiger partial charge in [0.1, 0.15) is 0 Å². The lowest BCUT2D eigenvalue weighted by atomic mass is 9.81. The second-order valence-corrected chi connectivity index (χ2v) is 7.47. The maximum absolute atomic E-state index is 3.75. The van der Waals surface area contributed by atoms with Gasteiger partial charge in [-0.1, -0.05) is 50.8 Å². The van der Waals surface area contributed by atoms with Crippen LogP contribution in [-0.4, -0.2) is 6.54 Å². The highest BCUT2D eigenvalue weighted by atomic mass is 14.9. The Balaban J connectivity index is 1.45. The average Bonchev–Trinajstić information content (AvgIpc) is 2.96. The molecule has 1 nitrogen and oxygen atoms in total. The molecule has 0 aromatic heterocycles. The fraction of sp³-hybridized carbons (Fsp3) is 0.700. The molecular formula is C20H31N. The Bertz CT molecular complexity index is 457. The van der Waals surface area contributed by atoms with Crippen molar-refractivity contribution >= 4 is 0 Å². The van der Waals surface area contributed by atoms with E-state index in [0.717, 1.165) is 11.8 Å². The molecule has 3 rings (SSSR count). The fourth-order valence-corrected chi connectivity index (χ4v) is 4.10. The summed E-state index contributed by atoms with van der Waals surface area (Å²) >= 11 is 0. The number of rotatable bonds is 5. The summed E-state index contributed by atoms with van der Waals surface area (Å²) in [5, 5.41) is 3.75. The largest absolute Gasteiger partial charge is 0.310 e. The molecule has 0 spiro atoms. The number of hydrogen-bond acceptors (Lipinski definition) is 1. The van der Waals surface area contributed by atoms with E-state index in [9.17, 15) is 0 Å². The lowest BCUT2D eigenvalue weighted by Crippen LogP contribution is -2.23. The first-order chi connectivity index (χ1) is 10.2. The van der Waals surface area contributed by atoms with Crippen molar-refractivity contribution in [3.05, 3.63) is 34.9 Å². The Kier molecular flexibility index (Phi) is 5.00. The monoisotopic (exact) mass is 285 g/mol. The van der Waals surface area contributed by atoms with Gasteiger partial charge < -0.3 is 5.32 Å². The topological polar surface area (TPSA) is 12.0 Å². The Labute approximate surface area is 130 Å². The van der Waals surface area contributed by atoms with Crippen LogP contribution in [0.3, 0.4) is 0 Å². The van der Waals surface area contributed by atoms with E-state index >= 15 is 0 Å². The van der Waals surface area contributed by atoms with Crippen LogP contribution in [0.2, 0.25) is 0 Å². The number of aryl methyl sites for hydroxylation is 2. The predicted molar refractivity (Wildman–Crippen MR) is 90.6 cm³/mol. The Morgan fingerprint density at radius 1 is 1.10 bits per heavy atom. The lowest BCUT2D eigenvalue weighted by molar-refractivity contribution is 0.273. The van der Waals surface area contributed by atoms with Crippen LogP contribution in [0.4, 0.5) is 0 Å². The van der Waals surface area contributed by atoms with E-state index in [-0.39, 0.29) is 0 Å². The molecule has 1 N–H and O–H groups in total. The first-order valence-electron chi connectivity index (χ1n) is 9.07. The first-order valence-corrected chi connectivity index (χ1v) is 9.07. The third-order valence-corrected chi connectivity index (χ3v) is 5.76. The lowest BCUT2D eigenvalue weighted by Gasteiger charge is -2.26. The first kappa shape index (κ1) is 15.1. The van der Waals surface area contributed by atoms with Crippen molar-refractivity contribution in [1.29, 1.82) is 0 Å². The second kappa shape index (κ2) is 6.96. The molecule has 0 aliphatic heterocycles. The molecule has 1 aromatic rings. The molecule has 2 aliphatic carbocycles. The van der Waals surface area contributed by atoms with Crippen LogP contribution in [0.5, 0.6) is 0 Å². The van der Waals surface area contributed by atoms with Gasteiger partial charge in [0.05, 0.1) is 0 Å². The zero-order valence-corrected chi connectivity index (χ0v) is 13.8. The minimum absolute atomic E-state index is 0.499. The van der Waals surface area contributed by atoms with E-state index in [0.29, 0.717) is 6.04 Å². The van der Waals surface area contributed by atoms with Crippen LogP contribution in [0.15, 0.2) is 18.2 Å². The summed E-state index contributed by atoms with van der Waals surface area (Å²) in [7, 11) is 0. The van der Waals surface area contributed by atoms with Gasteiger partial charge in [0, 0.05) is 6.04 Å².